The third kappa shape index (κ3) is 3.82. The van der Waals surface area contributed by atoms with Crippen LogP contribution < -0.4 is 5.73 Å². The van der Waals surface area contributed by atoms with E-state index in [-0.39, 0.29) is 6.04 Å². The van der Waals surface area contributed by atoms with Gasteiger partial charge in [0.1, 0.15) is 0 Å². The van der Waals surface area contributed by atoms with Gasteiger partial charge < -0.3 is 5.73 Å². The zero-order valence-corrected chi connectivity index (χ0v) is 11.7. The highest BCUT2D eigenvalue weighted by Gasteiger charge is 2.18. The van der Waals surface area contributed by atoms with Crippen molar-refractivity contribution in [1.29, 1.82) is 0 Å². The standard InChI is InChI=1S/C13H26N4/c1-10(2)8-16(5)13(6-14)12-7-15-17(9-12)11(3)4/h7,9-11,13H,6,8,14H2,1-5H3. The van der Waals surface area contributed by atoms with Crippen molar-refractivity contribution < 1.29 is 0 Å². The van der Waals surface area contributed by atoms with E-state index in [1.165, 1.54) is 5.56 Å². The molecule has 0 aliphatic heterocycles. The highest BCUT2D eigenvalue weighted by atomic mass is 15.3. The molecule has 0 spiro atoms. The number of rotatable bonds is 6. The van der Waals surface area contributed by atoms with E-state index in [2.05, 4.69) is 50.9 Å². The Morgan fingerprint density at radius 2 is 2.00 bits per heavy atom. The van der Waals surface area contributed by atoms with Crippen molar-refractivity contribution in [3.8, 4) is 0 Å². The average Bonchev–Trinajstić information content (AvgIpc) is 2.66. The van der Waals surface area contributed by atoms with E-state index in [1.807, 2.05) is 10.9 Å². The third-order valence-corrected chi connectivity index (χ3v) is 2.94. The first-order valence-corrected chi connectivity index (χ1v) is 6.40. The fourth-order valence-electron chi connectivity index (χ4n) is 2.08. The lowest BCUT2D eigenvalue weighted by molar-refractivity contribution is 0.223. The molecule has 1 unspecified atom stereocenters. The third-order valence-electron chi connectivity index (χ3n) is 2.94. The molecule has 0 amide bonds. The SMILES string of the molecule is CC(C)CN(C)C(CN)c1cnn(C(C)C)c1. The second kappa shape index (κ2) is 6.17. The van der Waals surface area contributed by atoms with Crippen molar-refractivity contribution in [2.45, 2.75) is 39.8 Å². The Bertz CT molecular complexity index is 330. The predicted molar refractivity (Wildman–Crippen MR) is 71.9 cm³/mol. The van der Waals surface area contributed by atoms with Gasteiger partial charge in [0.25, 0.3) is 0 Å². The smallest absolute Gasteiger partial charge is 0.0538 e. The second-order valence-electron chi connectivity index (χ2n) is 5.43. The van der Waals surface area contributed by atoms with E-state index in [1.54, 1.807) is 0 Å². The normalized spacial score (nSPS) is 13.9. The number of likely N-dealkylation sites (N-methyl/N-ethyl adjacent to an activating group) is 1. The Morgan fingerprint density at radius 3 is 2.41 bits per heavy atom. The van der Waals surface area contributed by atoms with E-state index in [4.69, 9.17) is 5.73 Å². The van der Waals surface area contributed by atoms with Crippen molar-refractivity contribution in [3.05, 3.63) is 18.0 Å². The molecule has 1 aromatic rings. The summed E-state index contributed by atoms with van der Waals surface area (Å²) in [5, 5.41) is 4.38. The van der Waals surface area contributed by atoms with E-state index in [0.29, 0.717) is 18.5 Å². The van der Waals surface area contributed by atoms with Gasteiger partial charge in [-0.25, -0.2) is 0 Å². The molecule has 0 saturated heterocycles. The molecule has 0 aliphatic rings. The Kier molecular flexibility index (Phi) is 5.15. The van der Waals surface area contributed by atoms with Crippen LogP contribution in [0.5, 0.6) is 0 Å². The first-order chi connectivity index (χ1) is 7.95. The van der Waals surface area contributed by atoms with Gasteiger partial charge in [-0.2, -0.15) is 5.10 Å². The number of hydrogen-bond acceptors (Lipinski definition) is 3. The number of nitrogens with two attached hydrogens (primary N) is 1. The van der Waals surface area contributed by atoms with Gasteiger partial charge in [-0.05, 0) is 26.8 Å². The van der Waals surface area contributed by atoms with Gasteiger partial charge in [0.2, 0.25) is 0 Å². The molecule has 0 bridgehead atoms. The summed E-state index contributed by atoms with van der Waals surface area (Å²) in [5.74, 6) is 0.647. The summed E-state index contributed by atoms with van der Waals surface area (Å²) in [6.07, 6.45) is 4.05. The van der Waals surface area contributed by atoms with Crippen molar-refractivity contribution in [2.24, 2.45) is 11.7 Å². The van der Waals surface area contributed by atoms with Crippen molar-refractivity contribution in [3.63, 3.8) is 0 Å². The Balaban J connectivity index is 2.78. The first-order valence-electron chi connectivity index (χ1n) is 6.40. The molecule has 0 aromatic carbocycles. The Morgan fingerprint density at radius 1 is 1.35 bits per heavy atom. The number of aromatic nitrogens is 2. The molecule has 0 radical (unpaired) electrons. The number of hydrogen-bond donors (Lipinski definition) is 1. The summed E-state index contributed by atoms with van der Waals surface area (Å²) in [6, 6.07) is 0.669. The zero-order chi connectivity index (χ0) is 13.0. The number of nitrogens with zero attached hydrogens (tertiary/aromatic N) is 3. The quantitative estimate of drug-likeness (QED) is 0.825. The average molecular weight is 238 g/mol. The molecule has 4 nitrogen and oxygen atoms in total. The van der Waals surface area contributed by atoms with Gasteiger partial charge in [0, 0.05) is 36.9 Å². The first kappa shape index (κ1) is 14.2. The van der Waals surface area contributed by atoms with E-state index in [9.17, 15) is 0 Å². The van der Waals surface area contributed by atoms with Crippen LogP contribution in [0.1, 0.15) is 45.3 Å². The van der Waals surface area contributed by atoms with Gasteiger partial charge in [-0.3, -0.25) is 9.58 Å². The minimum atomic E-state index is 0.268. The molecular formula is C13H26N4. The molecule has 0 saturated carbocycles. The van der Waals surface area contributed by atoms with Crippen molar-refractivity contribution in [1.82, 2.24) is 14.7 Å². The van der Waals surface area contributed by atoms with Crippen LogP contribution in [0, 0.1) is 5.92 Å². The topological polar surface area (TPSA) is 47.1 Å². The molecule has 4 heteroatoms. The molecule has 1 heterocycles. The van der Waals surface area contributed by atoms with Crippen LogP contribution in [-0.4, -0.2) is 34.8 Å². The molecule has 98 valence electrons. The van der Waals surface area contributed by atoms with E-state index < -0.39 is 0 Å². The molecule has 0 fully saturated rings. The summed E-state index contributed by atoms with van der Waals surface area (Å²) in [7, 11) is 2.13. The van der Waals surface area contributed by atoms with Gasteiger partial charge >= 0.3 is 0 Å². The summed E-state index contributed by atoms with van der Waals surface area (Å²) in [6.45, 7) is 10.4. The zero-order valence-electron chi connectivity index (χ0n) is 11.7. The largest absolute Gasteiger partial charge is 0.329 e. The summed E-state index contributed by atoms with van der Waals surface area (Å²) >= 11 is 0. The van der Waals surface area contributed by atoms with Gasteiger partial charge in [0.15, 0.2) is 0 Å². The molecule has 0 aliphatic carbocycles. The van der Waals surface area contributed by atoms with Crippen LogP contribution in [0.2, 0.25) is 0 Å². The monoisotopic (exact) mass is 238 g/mol. The van der Waals surface area contributed by atoms with E-state index in [0.717, 1.165) is 6.54 Å². The van der Waals surface area contributed by atoms with Crippen LogP contribution in [0.25, 0.3) is 0 Å². The minimum Gasteiger partial charge on any atom is -0.329 e. The lowest BCUT2D eigenvalue weighted by Crippen LogP contribution is -2.33. The molecule has 2 N–H and O–H groups in total. The van der Waals surface area contributed by atoms with Crippen LogP contribution in [0.4, 0.5) is 0 Å². The maximum absolute atomic E-state index is 5.89. The lowest BCUT2D eigenvalue weighted by Gasteiger charge is -2.27. The molecule has 1 atom stereocenters. The fourth-order valence-corrected chi connectivity index (χ4v) is 2.08. The van der Waals surface area contributed by atoms with Gasteiger partial charge in [-0.15, -0.1) is 0 Å². The highest BCUT2D eigenvalue weighted by Crippen LogP contribution is 2.19. The predicted octanol–water partition coefficient (Wildman–Crippen LogP) is 2.05. The molecular weight excluding hydrogens is 212 g/mol. The maximum atomic E-state index is 5.89. The van der Waals surface area contributed by atoms with Crippen molar-refractivity contribution >= 4 is 0 Å². The molecule has 1 rings (SSSR count). The van der Waals surface area contributed by atoms with Crippen LogP contribution in [0.3, 0.4) is 0 Å². The highest BCUT2D eigenvalue weighted by molar-refractivity contribution is 5.11. The fraction of sp³-hybridized carbons (Fsp3) is 0.769. The van der Waals surface area contributed by atoms with Gasteiger partial charge in [0.05, 0.1) is 6.20 Å². The van der Waals surface area contributed by atoms with Crippen molar-refractivity contribution in [2.75, 3.05) is 20.1 Å². The van der Waals surface area contributed by atoms with E-state index >= 15 is 0 Å². The Hall–Kier alpha value is -0.870. The minimum absolute atomic E-state index is 0.268. The van der Waals surface area contributed by atoms with Crippen LogP contribution in [-0.2, 0) is 0 Å². The lowest BCUT2D eigenvalue weighted by atomic mass is 10.1. The molecule has 17 heavy (non-hydrogen) atoms. The summed E-state index contributed by atoms with van der Waals surface area (Å²) < 4.78 is 1.99. The summed E-state index contributed by atoms with van der Waals surface area (Å²) in [4.78, 5) is 2.31. The summed E-state index contributed by atoms with van der Waals surface area (Å²) in [5.41, 5.74) is 7.10. The second-order valence-corrected chi connectivity index (χ2v) is 5.43. The van der Waals surface area contributed by atoms with Crippen LogP contribution >= 0.6 is 0 Å². The molecule has 1 aromatic heterocycles. The Labute approximate surface area is 105 Å². The maximum Gasteiger partial charge on any atom is 0.0538 e. The van der Waals surface area contributed by atoms with Gasteiger partial charge in [-0.1, -0.05) is 13.8 Å². The van der Waals surface area contributed by atoms with Crippen LogP contribution in [0.15, 0.2) is 12.4 Å².